The van der Waals surface area contributed by atoms with Gasteiger partial charge in [-0.3, -0.25) is 14.6 Å². The molecule has 4 nitrogen and oxygen atoms in total. The van der Waals surface area contributed by atoms with Gasteiger partial charge < -0.3 is 5.11 Å². The van der Waals surface area contributed by atoms with Crippen LogP contribution in [0.3, 0.4) is 0 Å². The molecule has 0 radical (unpaired) electrons. The van der Waals surface area contributed by atoms with E-state index in [0.717, 1.165) is 31.5 Å². The van der Waals surface area contributed by atoms with Crippen molar-refractivity contribution in [3.05, 3.63) is 71.0 Å². The Morgan fingerprint density at radius 2 is 2.11 bits per heavy atom. The van der Waals surface area contributed by atoms with Crippen molar-refractivity contribution in [1.82, 2.24) is 4.90 Å². The molecular formula is C22H22ClFN2O2. The van der Waals surface area contributed by atoms with Crippen molar-refractivity contribution >= 4 is 23.2 Å². The Hall–Kier alpha value is -2.37. The molecule has 1 amide bonds. The van der Waals surface area contributed by atoms with E-state index >= 15 is 0 Å². The summed E-state index contributed by atoms with van der Waals surface area (Å²) in [6, 6.07) is 11.7. The van der Waals surface area contributed by atoms with Crippen LogP contribution in [0.4, 0.5) is 10.1 Å². The lowest BCUT2D eigenvalue weighted by atomic mass is 9.82. The molecular weight excluding hydrogens is 379 g/mol. The number of likely N-dealkylation sites (tertiary alicyclic amines) is 1. The Morgan fingerprint density at radius 1 is 1.29 bits per heavy atom. The average Bonchev–Trinajstić information content (AvgIpc) is 2.96. The number of phenolic OH excluding ortho intramolecular Hbond substituents is 1. The van der Waals surface area contributed by atoms with Gasteiger partial charge in [-0.25, -0.2) is 4.39 Å². The molecule has 146 valence electrons. The van der Waals surface area contributed by atoms with Crippen molar-refractivity contribution in [1.29, 1.82) is 0 Å². The van der Waals surface area contributed by atoms with Crippen molar-refractivity contribution in [2.75, 3.05) is 11.4 Å². The first-order valence-electron chi connectivity index (χ1n) is 9.38. The van der Waals surface area contributed by atoms with Crippen LogP contribution in [-0.4, -0.2) is 34.0 Å². The maximum absolute atomic E-state index is 13.8. The third-order valence-electron chi connectivity index (χ3n) is 5.77. The summed E-state index contributed by atoms with van der Waals surface area (Å²) in [6.07, 6.45) is 5.11. The fourth-order valence-corrected chi connectivity index (χ4v) is 4.57. The first-order chi connectivity index (χ1) is 13.4. The molecule has 2 aromatic carbocycles. The maximum Gasteiger partial charge on any atom is 0.251 e. The molecule has 4 rings (SSSR count). The molecule has 6 heteroatoms. The Labute approximate surface area is 168 Å². The molecule has 2 aliphatic heterocycles. The van der Waals surface area contributed by atoms with Gasteiger partial charge in [0.1, 0.15) is 11.6 Å². The van der Waals surface area contributed by atoms with Crippen LogP contribution in [0.2, 0.25) is 5.02 Å². The number of benzene rings is 2. The van der Waals surface area contributed by atoms with E-state index in [1.807, 2.05) is 12.1 Å². The molecule has 28 heavy (non-hydrogen) atoms. The molecule has 0 bridgehead atoms. The summed E-state index contributed by atoms with van der Waals surface area (Å²) in [4.78, 5) is 16.7. The molecule has 0 unspecified atom stereocenters. The molecule has 1 fully saturated rings. The number of carbonyl (C=O) groups is 1. The third kappa shape index (κ3) is 3.40. The number of carbonyl (C=O) groups excluding carboxylic acids is 1. The zero-order chi connectivity index (χ0) is 19.9. The number of hydrogen-bond acceptors (Lipinski definition) is 3. The van der Waals surface area contributed by atoms with Crippen molar-refractivity contribution in [2.45, 2.75) is 37.9 Å². The maximum atomic E-state index is 13.8. The Morgan fingerprint density at radius 3 is 2.82 bits per heavy atom. The number of phenols is 1. The third-order valence-corrected chi connectivity index (χ3v) is 6.07. The fraction of sp³-hybridized carbons (Fsp3) is 0.318. The highest BCUT2D eigenvalue weighted by atomic mass is 35.5. The summed E-state index contributed by atoms with van der Waals surface area (Å²) >= 11 is 6.03. The number of aromatic hydroxyl groups is 1. The number of nitrogens with zero attached hydrogens (tertiary/aromatic N) is 2. The van der Waals surface area contributed by atoms with E-state index in [1.165, 1.54) is 12.1 Å². The van der Waals surface area contributed by atoms with Gasteiger partial charge in [-0.05, 0) is 55.7 Å². The number of rotatable bonds is 3. The molecule has 1 spiro atoms. The van der Waals surface area contributed by atoms with E-state index in [0.29, 0.717) is 10.7 Å². The van der Waals surface area contributed by atoms with E-state index in [4.69, 9.17) is 11.6 Å². The highest BCUT2D eigenvalue weighted by molar-refractivity contribution is 6.32. The minimum Gasteiger partial charge on any atom is -0.506 e. The quantitative estimate of drug-likeness (QED) is 0.824. The van der Waals surface area contributed by atoms with Crippen LogP contribution < -0.4 is 4.90 Å². The van der Waals surface area contributed by atoms with Crippen LogP contribution >= 0.6 is 11.6 Å². The van der Waals surface area contributed by atoms with Gasteiger partial charge in [0.25, 0.3) is 5.91 Å². The zero-order valence-electron chi connectivity index (χ0n) is 15.6. The Kier molecular flexibility index (Phi) is 4.89. The van der Waals surface area contributed by atoms with Gasteiger partial charge in [0.2, 0.25) is 0 Å². The summed E-state index contributed by atoms with van der Waals surface area (Å²) in [5, 5.41) is 9.95. The topological polar surface area (TPSA) is 43.8 Å². The monoisotopic (exact) mass is 400 g/mol. The smallest absolute Gasteiger partial charge is 0.251 e. The van der Waals surface area contributed by atoms with Gasteiger partial charge in [0, 0.05) is 30.9 Å². The number of halogens is 2. The second kappa shape index (κ2) is 7.22. The molecule has 1 N–H and O–H groups in total. The summed E-state index contributed by atoms with van der Waals surface area (Å²) < 4.78 is 13.8. The summed E-state index contributed by atoms with van der Waals surface area (Å²) in [5.74, 6) is -0.366. The molecule has 0 saturated carbocycles. The van der Waals surface area contributed by atoms with E-state index in [1.54, 1.807) is 35.2 Å². The second-order valence-electron chi connectivity index (χ2n) is 7.65. The van der Waals surface area contributed by atoms with Gasteiger partial charge >= 0.3 is 0 Å². The van der Waals surface area contributed by atoms with Gasteiger partial charge in [-0.15, -0.1) is 0 Å². The van der Waals surface area contributed by atoms with E-state index in [2.05, 4.69) is 11.8 Å². The summed E-state index contributed by atoms with van der Waals surface area (Å²) in [7, 11) is 0. The van der Waals surface area contributed by atoms with E-state index in [-0.39, 0.29) is 23.5 Å². The van der Waals surface area contributed by atoms with Gasteiger partial charge in [0.05, 0.1) is 10.6 Å². The van der Waals surface area contributed by atoms with Gasteiger partial charge in [0.15, 0.2) is 0 Å². The highest BCUT2D eigenvalue weighted by Crippen LogP contribution is 2.41. The molecule has 2 aromatic rings. The first-order valence-corrected chi connectivity index (χ1v) is 9.76. The number of amides is 1. The zero-order valence-corrected chi connectivity index (χ0v) is 16.4. The predicted molar refractivity (Wildman–Crippen MR) is 108 cm³/mol. The highest BCUT2D eigenvalue weighted by Gasteiger charge is 2.46. The number of anilines is 1. The van der Waals surface area contributed by atoms with Crippen LogP contribution in [0.5, 0.6) is 5.75 Å². The van der Waals surface area contributed by atoms with Crippen LogP contribution in [0, 0.1) is 5.82 Å². The van der Waals surface area contributed by atoms with Crippen LogP contribution in [0.1, 0.15) is 25.3 Å². The van der Waals surface area contributed by atoms with Crippen molar-refractivity contribution < 1.29 is 14.3 Å². The summed E-state index contributed by atoms with van der Waals surface area (Å²) in [6.45, 7) is 3.65. The minimum atomic E-state index is -0.423. The lowest BCUT2D eigenvalue weighted by molar-refractivity contribution is -0.114. The fourth-order valence-electron chi connectivity index (χ4n) is 4.37. The summed E-state index contributed by atoms with van der Waals surface area (Å²) in [5.41, 5.74) is 1.21. The lowest BCUT2D eigenvalue weighted by Gasteiger charge is -2.47. The van der Waals surface area contributed by atoms with Crippen LogP contribution in [-0.2, 0) is 11.3 Å². The average molecular weight is 401 g/mol. The Bertz CT molecular complexity index is 948. The van der Waals surface area contributed by atoms with Gasteiger partial charge in [-0.1, -0.05) is 29.8 Å². The van der Waals surface area contributed by atoms with E-state index in [9.17, 15) is 14.3 Å². The molecule has 0 aliphatic carbocycles. The number of hydrogen-bond donors (Lipinski definition) is 1. The predicted octanol–water partition coefficient (Wildman–Crippen LogP) is 4.51. The lowest BCUT2D eigenvalue weighted by Crippen LogP contribution is -2.56. The van der Waals surface area contributed by atoms with E-state index < -0.39 is 5.54 Å². The van der Waals surface area contributed by atoms with Crippen LogP contribution in [0.25, 0.3) is 0 Å². The van der Waals surface area contributed by atoms with Crippen LogP contribution in [0.15, 0.2) is 54.6 Å². The Balaban J connectivity index is 1.54. The minimum absolute atomic E-state index is 0.0800. The largest absolute Gasteiger partial charge is 0.506 e. The van der Waals surface area contributed by atoms with Crippen molar-refractivity contribution in [3.63, 3.8) is 0 Å². The molecule has 2 aliphatic rings. The number of piperidine rings is 1. The SMILES string of the molecule is C[C@@H]1C[C@]2(C=CC(=O)N2c2cccc(F)c2)CCN1Cc1ccc(O)c(Cl)c1. The molecule has 2 heterocycles. The van der Waals surface area contributed by atoms with Crippen molar-refractivity contribution in [3.8, 4) is 5.75 Å². The molecule has 2 atom stereocenters. The first kappa shape index (κ1) is 19.0. The second-order valence-corrected chi connectivity index (χ2v) is 8.06. The normalized spacial score (nSPS) is 25.0. The van der Waals surface area contributed by atoms with Gasteiger partial charge in [-0.2, -0.15) is 0 Å². The molecule has 1 saturated heterocycles. The van der Waals surface area contributed by atoms with Crippen molar-refractivity contribution in [2.24, 2.45) is 0 Å². The standard InChI is InChI=1S/C22H22ClFN2O2/c1-15-13-22(8-7-21(28)26(22)18-4-2-3-17(24)12-18)9-10-25(15)14-16-5-6-20(27)19(23)11-16/h2-8,11-12,15,27H,9-10,13-14H2,1H3/t15-,22+/m1/s1. The molecule has 0 aromatic heterocycles.